The van der Waals surface area contributed by atoms with Crippen molar-refractivity contribution in [1.29, 1.82) is 0 Å². The van der Waals surface area contributed by atoms with Gasteiger partial charge in [-0.2, -0.15) is 0 Å². The summed E-state index contributed by atoms with van der Waals surface area (Å²) in [4.78, 5) is 0. The first kappa shape index (κ1) is 22.7. The molecule has 0 aliphatic heterocycles. The summed E-state index contributed by atoms with van der Waals surface area (Å²) in [6, 6.07) is 29.2. The Morgan fingerprint density at radius 1 is 0.844 bits per heavy atom. The van der Waals surface area contributed by atoms with E-state index in [1.54, 1.807) is 6.07 Å². The maximum atomic E-state index is 6.28. The van der Waals surface area contributed by atoms with Gasteiger partial charge in [0.2, 0.25) is 0 Å². The summed E-state index contributed by atoms with van der Waals surface area (Å²) in [5.41, 5.74) is 3.47. The Morgan fingerprint density at radius 3 is 2.41 bits per heavy atom. The van der Waals surface area contributed by atoms with Crippen molar-refractivity contribution in [3.8, 4) is 5.75 Å². The molecule has 0 amide bonds. The maximum absolute atomic E-state index is 6.28. The van der Waals surface area contributed by atoms with E-state index in [0.717, 1.165) is 30.7 Å². The van der Waals surface area contributed by atoms with E-state index in [9.17, 15) is 0 Å². The lowest BCUT2D eigenvalue weighted by Gasteiger charge is -2.21. The smallest absolute Gasteiger partial charge is 0.124 e. The zero-order valence-corrected chi connectivity index (χ0v) is 19.7. The molecule has 0 fully saturated rings. The Bertz CT molecular complexity index is 1180. The maximum Gasteiger partial charge on any atom is 0.124 e. The van der Waals surface area contributed by atoms with Gasteiger partial charge in [-0.1, -0.05) is 103 Å². The van der Waals surface area contributed by atoms with Gasteiger partial charge in [-0.05, 0) is 46.5 Å². The van der Waals surface area contributed by atoms with Crippen molar-refractivity contribution in [3.63, 3.8) is 0 Å². The summed E-state index contributed by atoms with van der Waals surface area (Å²) >= 11 is 12.2. The molecule has 4 heteroatoms. The van der Waals surface area contributed by atoms with Crippen LogP contribution >= 0.6 is 23.2 Å². The highest BCUT2D eigenvalue weighted by molar-refractivity contribution is 6.42. The van der Waals surface area contributed by atoms with Crippen LogP contribution in [0.15, 0.2) is 84.9 Å². The average molecular weight is 464 g/mol. The minimum absolute atomic E-state index is 0.295. The predicted molar refractivity (Wildman–Crippen MR) is 136 cm³/mol. The van der Waals surface area contributed by atoms with Crippen LogP contribution in [0, 0.1) is 0 Å². The lowest BCUT2D eigenvalue weighted by molar-refractivity contribution is 0.302. The highest BCUT2D eigenvalue weighted by atomic mass is 35.5. The van der Waals surface area contributed by atoms with E-state index in [4.69, 9.17) is 27.9 Å². The Labute approximate surface area is 200 Å². The number of hydrogen-bond acceptors (Lipinski definition) is 2. The van der Waals surface area contributed by atoms with Gasteiger partial charge < -0.3 is 10.1 Å². The third kappa shape index (κ3) is 5.45. The van der Waals surface area contributed by atoms with Crippen molar-refractivity contribution in [3.05, 3.63) is 112 Å². The molecule has 1 unspecified atom stereocenters. The van der Waals surface area contributed by atoms with Gasteiger partial charge in [-0.3, -0.25) is 0 Å². The summed E-state index contributed by atoms with van der Waals surface area (Å²) in [5, 5.41) is 7.28. The second-order valence-electron chi connectivity index (χ2n) is 7.93. The SMILES string of the molecule is CCCC(NCc1c(OCc2ccc(Cl)c(Cl)c2)ccc2ccccc12)c1ccccc1. The first-order chi connectivity index (χ1) is 15.7. The quantitative estimate of drug-likeness (QED) is 0.269. The number of benzene rings is 4. The highest BCUT2D eigenvalue weighted by Crippen LogP contribution is 2.31. The molecule has 1 N–H and O–H groups in total. The number of nitrogens with one attached hydrogen (secondary N) is 1. The van der Waals surface area contributed by atoms with E-state index in [1.165, 1.54) is 21.9 Å². The monoisotopic (exact) mass is 463 g/mol. The van der Waals surface area contributed by atoms with Crippen LogP contribution < -0.4 is 10.1 Å². The molecule has 32 heavy (non-hydrogen) atoms. The molecule has 2 nitrogen and oxygen atoms in total. The van der Waals surface area contributed by atoms with Crippen LogP contribution in [0.2, 0.25) is 10.0 Å². The van der Waals surface area contributed by atoms with Crippen LogP contribution in [0.25, 0.3) is 10.8 Å². The summed E-state index contributed by atoms with van der Waals surface area (Å²) in [6.45, 7) is 3.37. The van der Waals surface area contributed by atoms with Crippen molar-refractivity contribution in [1.82, 2.24) is 5.32 Å². The number of fused-ring (bicyclic) bond motifs is 1. The molecule has 4 aromatic carbocycles. The van der Waals surface area contributed by atoms with E-state index in [2.05, 4.69) is 79.0 Å². The Hall–Kier alpha value is -2.52. The minimum atomic E-state index is 0.295. The van der Waals surface area contributed by atoms with Crippen molar-refractivity contribution in [2.45, 2.75) is 39.0 Å². The molecule has 0 spiro atoms. The molecular formula is C28H27Cl2NO. The van der Waals surface area contributed by atoms with E-state index >= 15 is 0 Å². The zero-order valence-electron chi connectivity index (χ0n) is 18.2. The molecule has 0 bridgehead atoms. The van der Waals surface area contributed by atoms with Gasteiger partial charge in [0.25, 0.3) is 0 Å². The first-order valence-corrected chi connectivity index (χ1v) is 11.8. The molecule has 0 aromatic heterocycles. The molecule has 0 saturated heterocycles. The largest absolute Gasteiger partial charge is 0.489 e. The summed E-state index contributed by atoms with van der Waals surface area (Å²) in [7, 11) is 0. The van der Waals surface area contributed by atoms with E-state index in [1.807, 2.05) is 12.1 Å². The highest BCUT2D eigenvalue weighted by Gasteiger charge is 2.14. The molecule has 1 atom stereocenters. The fourth-order valence-corrected chi connectivity index (χ4v) is 4.33. The molecule has 0 aliphatic rings. The molecule has 4 aromatic rings. The fourth-order valence-electron chi connectivity index (χ4n) is 4.01. The Morgan fingerprint density at radius 2 is 1.62 bits per heavy atom. The average Bonchev–Trinajstić information content (AvgIpc) is 2.83. The van der Waals surface area contributed by atoms with Crippen molar-refractivity contribution < 1.29 is 4.74 Å². The summed E-state index contributed by atoms with van der Waals surface area (Å²) in [6.07, 6.45) is 2.19. The van der Waals surface area contributed by atoms with Gasteiger partial charge in [0.15, 0.2) is 0 Å². The number of rotatable bonds is 9. The molecule has 0 aliphatic carbocycles. The topological polar surface area (TPSA) is 21.3 Å². The zero-order chi connectivity index (χ0) is 22.3. The van der Waals surface area contributed by atoms with Crippen LogP contribution in [0.1, 0.15) is 42.5 Å². The van der Waals surface area contributed by atoms with Gasteiger partial charge in [-0.15, -0.1) is 0 Å². The molecular weight excluding hydrogens is 437 g/mol. The number of hydrogen-bond donors (Lipinski definition) is 1. The van der Waals surface area contributed by atoms with Crippen molar-refractivity contribution in [2.75, 3.05) is 0 Å². The molecule has 4 rings (SSSR count). The first-order valence-electron chi connectivity index (χ1n) is 11.0. The second-order valence-corrected chi connectivity index (χ2v) is 8.75. The van der Waals surface area contributed by atoms with Crippen molar-refractivity contribution in [2.24, 2.45) is 0 Å². The fraction of sp³-hybridized carbons (Fsp3) is 0.214. The van der Waals surface area contributed by atoms with Crippen LogP contribution in [-0.2, 0) is 13.2 Å². The number of ether oxygens (including phenoxy) is 1. The lowest BCUT2D eigenvalue weighted by Crippen LogP contribution is -2.21. The van der Waals surface area contributed by atoms with Gasteiger partial charge >= 0.3 is 0 Å². The predicted octanol–water partition coefficient (Wildman–Crippen LogP) is 8.36. The van der Waals surface area contributed by atoms with Crippen LogP contribution in [0.3, 0.4) is 0 Å². The van der Waals surface area contributed by atoms with Gasteiger partial charge in [0.05, 0.1) is 10.0 Å². The van der Waals surface area contributed by atoms with E-state index in [-0.39, 0.29) is 0 Å². The minimum Gasteiger partial charge on any atom is -0.489 e. The summed E-state index contributed by atoms with van der Waals surface area (Å²) < 4.78 is 6.28. The van der Waals surface area contributed by atoms with Gasteiger partial charge in [0.1, 0.15) is 12.4 Å². The Kier molecular flexibility index (Phi) is 7.70. The third-order valence-electron chi connectivity index (χ3n) is 5.68. The van der Waals surface area contributed by atoms with Crippen LogP contribution in [-0.4, -0.2) is 0 Å². The van der Waals surface area contributed by atoms with Crippen LogP contribution in [0.4, 0.5) is 0 Å². The molecule has 0 heterocycles. The second kappa shape index (κ2) is 10.9. The standard InChI is InChI=1S/C28H27Cl2NO/c1-2-8-27(22-10-4-3-5-11-22)31-18-24-23-12-7-6-9-21(23)14-16-28(24)32-19-20-13-15-25(29)26(30)17-20/h3-7,9-17,27,31H,2,8,18-19H2,1H3. The van der Waals surface area contributed by atoms with Gasteiger partial charge in [0, 0.05) is 18.2 Å². The van der Waals surface area contributed by atoms with E-state index < -0.39 is 0 Å². The lowest BCUT2D eigenvalue weighted by atomic mass is 10.00. The Balaban J connectivity index is 1.60. The molecule has 0 radical (unpaired) electrons. The van der Waals surface area contributed by atoms with Crippen molar-refractivity contribution >= 4 is 34.0 Å². The van der Waals surface area contributed by atoms with Crippen LogP contribution in [0.5, 0.6) is 5.75 Å². The van der Waals surface area contributed by atoms with E-state index in [0.29, 0.717) is 22.7 Å². The molecule has 0 saturated carbocycles. The normalized spacial score (nSPS) is 12.1. The third-order valence-corrected chi connectivity index (χ3v) is 6.42. The number of halogens is 2. The molecule has 164 valence electrons. The van der Waals surface area contributed by atoms with Gasteiger partial charge in [-0.25, -0.2) is 0 Å². The summed E-state index contributed by atoms with van der Waals surface area (Å²) in [5.74, 6) is 0.880.